The van der Waals surface area contributed by atoms with E-state index in [1.807, 2.05) is 26.0 Å². The summed E-state index contributed by atoms with van der Waals surface area (Å²) in [6.45, 7) is 7.57. The second-order valence-electron chi connectivity index (χ2n) is 9.43. The van der Waals surface area contributed by atoms with Crippen molar-refractivity contribution in [1.82, 2.24) is 4.90 Å². The minimum atomic E-state index is -3.38. The molecule has 3 rings (SSSR count). The summed E-state index contributed by atoms with van der Waals surface area (Å²) in [5, 5.41) is 0.810. The second-order valence-corrected chi connectivity index (χ2v) is 12.5. The highest BCUT2D eigenvalue weighted by Crippen LogP contribution is 2.52. The van der Waals surface area contributed by atoms with Crippen LogP contribution in [0.5, 0.6) is 0 Å². The molecule has 4 atom stereocenters. The monoisotopic (exact) mass is 525 g/mol. The van der Waals surface area contributed by atoms with E-state index in [0.717, 1.165) is 5.56 Å². The van der Waals surface area contributed by atoms with Crippen LogP contribution in [0.1, 0.15) is 56.2 Å². The van der Waals surface area contributed by atoms with E-state index in [2.05, 4.69) is 6.58 Å². The zero-order chi connectivity index (χ0) is 25.3. The zero-order valence-electron chi connectivity index (χ0n) is 19.6. The first-order valence-electron chi connectivity index (χ1n) is 11.2. The van der Waals surface area contributed by atoms with E-state index < -0.39 is 33.2 Å². The fourth-order valence-corrected chi connectivity index (χ4v) is 6.54. The van der Waals surface area contributed by atoms with Gasteiger partial charge in [-0.1, -0.05) is 55.3 Å². The summed E-state index contributed by atoms with van der Waals surface area (Å²) in [6, 6.07) is 10.5. The molecule has 1 fully saturated rings. The molecular weight excluding hydrogens is 496 g/mol. The van der Waals surface area contributed by atoms with Crippen LogP contribution in [-0.4, -0.2) is 37.3 Å². The normalized spacial score (nSPS) is 24.2. The van der Waals surface area contributed by atoms with Gasteiger partial charge in [-0.2, -0.15) is 0 Å². The summed E-state index contributed by atoms with van der Waals surface area (Å²) >= 11 is 12.4. The van der Waals surface area contributed by atoms with Gasteiger partial charge in [0.25, 0.3) is 0 Å². The van der Waals surface area contributed by atoms with E-state index in [1.165, 1.54) is 18.4 Å². The van der Waals surface area contributed by atoms with Crippen molar-refractivity contribution >= 4 is 38.9 Å². The third-order valence-electron chi connectivity index (χ3n) is 6.58. The standard InChI is InChI=1S/C26H30Cl2FNO3S/c1-5-11-26(3)15-23(18-12-20(28)14-21(29)13-18)24(17-7-9-19(27)10-8-17)30(25(26)31)22(6-2)16-34(4,32)33/h5,7-10,12-14,22-24H,1,6,11,15-16H2,2-4H3/t22-,23?,24?,26?/m0/s1. The van der Waals surface area contributed by atoms with Gasteiger partial charge in [0.1, 0.15) is 15.7 Å². The zero-order valence-corrected chi connectivity index (χ0v) is 21.9. The van der Waals surface area contributed by atoms with Crippen LogP contribution in [0.25, 0.3) is 0 Å². The molecule has 3 unspecified atom stereocenters. The molecule has 1 saturated heterocycles. The number of likely N-dealkylation sites (tertiary alicyclic amines) is 1. The number of allylic oxidation sites excluding steroid dienone is 1. The van der Waals surface area contributed by atoms with Crippen molar-refractivity contribution in [2.24, 2.45) is 5.41 Å². The second kappa shape index (κ2) is 10.4. The number of benzene rings is 2. The highest BCUT2D eigenvalue weighted by Gasteiger charge is 2.51. The number of sulfone groups is 1. The summed E-state index contributed by atoms with van der Waals surface area (Å²) in [7, 11) is -3.38. The van der Waals surface area contributed by atoms with Gasteiger partial charge in [-0.05, 0) is 60.7 Å². The van der Waals surface area contributed by atoms with Gasteiger partial charge in [0.15, 0.2) is 0 Å². The molecule has 1 heterocycles. The molecule has 2 aromatic carbocycles. The van der Waals surface area contributed by atoms with Crippen molar-refractivity contribution < 1.29 is 17.6 Å². The van der Waals surface area contributed by atoms with Gasteiger partial charge in [-0.15, -0.1) is 6.58 Å². The lowest BCUT2D eigenvalue weighted by Crippen LogP contribution is -2.56. The van der Waals surface area contributed by atoms with Crippen molar-refractivity contribution in [2.45, 2.75) is 51.1 Å². The number of hydrogen-bond acceptors (Lipinski definition) is 3. The van der Waals surface area contributed by atoms with Crippen molar-refractivity contribution in [3.8, 4) is 0 Å². The Morgan fingerprint density at radius 3 is 2.35 bits per heavy atom. The molecule has 0 aromatic heterocycles. The van der Waals surface area contributed by atoms with Crippen LogP contribution in [-0.2, 0) is 14.6 Å². The number of carbonyl (C=O) groups is 1. The molecule has 1 aliphatic rings. The highest BCUT2D eigenvalue weighted by atomic mass is 35.5. The van der Waals surface area contributed by atoms with Gasteiger partial charge in [-0.25, -0.2) is 12.8 Å². The molecule has 1 aliphatic heterocycles. The fourth-order valence-electron chi connectivity index (χ4n) is 5.08. The molecule has 0 spiro atoms. The Bertz CT molecular complexity index is 1150. The Kier molecular flexibility index (Phi) is 8.16. The van der Waals surface area contributed by atoms with Crippen LogP contribution in [0.2, 0.25) is 10.0 Å². The first-order valence-corrected chi connectivity index (χ1v) is 14.0. The van der Waals surface area contributed by atoms with Crippen LogP contribution >= 0.6 is 23.2 Å². The van der Waals surface area contributed by atoms with Crippen molar-refractivity contribution in [3.63, 3.8) is 0 Å². The summed E-state index contributed by atoms with van der Waals surface area (Å²) in [6.07, 6.45) is 4.16. The summed E-state index contributed by atoms with van der Waals surface area (Å²) in [5.41, 5.74) is 0.627. The van der Waals surface area contributed by atoms with Crippen molar-refractivity contribution in [2.75, 3.05) is 12.0 Å². The Hall–Kier alpha value is -1.89. The van der Waals surface area contributed by atoms with E-state index in [9.17, 15) is 17.6 Å². The maximum atomic E-state index is 14.4. The Morgan fingerprint density at radius 1 is 1.18 bits per heavy atom. The first kappa shape index (κ1) is 26.7. The topological polar surface area (TPSA) is 54.5 Å². The summed E-state index contributed by atoms with van der Waals surface area (Å²) in [4.78, 5) is 15.8. The third-order valence-corrected chi connectivity index (χ3v) is 8.04. The maximum absolute atomic E-state index is 14.4. The predicted molar refractivity (Wildman–Crippen MR) is 137 cm³/mol. The molecule has 4 nitrogen and oxygen atoms in total. The van der Waals surface area contributed by atoms with Crippen molar-refractivity contribution in [3.05, 3.63) is 82.1 Å². The van der Waals surface area contributed by atoms with Crippen LogP contribution in [0.15, 0.2) is 55.1 Å². The lowest BCUT2D eigenvalue weighted by molar-refractivity contribution is -0.153. The number of halogens is 3. The van der Waals surface area contributed by atoms with Crippen LogP contribution in [0.3, 0.4) is 0 Å². The molecule has 0 aliphatic carbocycles. The summed E-state index contributed by atoms with van der Waals surface area (Å²) < 4.78 is 39.1. The summed E-state index contributed by atoms with van der Waals surface area (Å²) in [5.74, 6) is -1.10. The van der Waals surface area contributed by atoms with Gasteiger partial charge in [0, 0.05) is 28.3 Å². The minimum absolute atomic E-state index is 0.137. The molecule has 0 N–H and O–H groups in total. The van der Waals surface area contributed by atoms with Gasteiger partial charge in [0.05, 0.1) is 17.2 Å². The highest BCUT2D eigenvalue weighted by molar-refractivity contribution is 7.90. The van der Waals surface area contributed by atoms with E-state index in [-0.39, 0.29) is 22.6 Å². The quantitative estimate of drug-likeness (QED) is 0.365. The number of carbonyl (C=O) groups excluding carboxylic acids is 1. The lowest BCUT2D eigenvalue weighted by Gasteiger charge is -2.52. The largest absolute Gasteiger partial charge is 0.331 e. The Morgan fingerprint density at radius 2 is 1.82 bits per heavy atom. The smallest absolute Gasteiger partial charge is 0.229 e. The van der Waals surface area contributed by atoms with Crippen LogP contribution in [0, 0.1) is 11.2 Å². The van der Waals surface area contributed by atoms with Crippen LogP contribution in [0.4, 0.5) is 4.39 Å². The predicted octanol–water partition coefficient (Wildman–Crippen LogP) is 6.60. The number of piperidine rings is 1. The number of nitrogens with zero attached hydrogens (tertiary/aromatic N) is 1. The molecule has 0 saturated carbocycles. The van der Waals surface area contributed by atoms with E-state index >= 15 is 0 Å². The maximum Gasteiger partial charge on any atom is 0.229 e. The third kappa shape index (κ3) is 5.84. The Balaban J connectivity index is 2.28. The molecule has 0 bridgehead atoms. The SMILES string of the molecule is C=CCC1(C)CC(c2cc(F)cc(Cl)c2)C(c2ccc(Cl)cc2)N([C@@H](CC)CS(C)(=O)=O)C1=O. The molecular formula is C26H30Cl2FNO3S. The Labute approximate surface area is 211 Å². The first-order chi connectivity index (χ1) is 15.9. The average Bonchev–Trinajstić information content (AvgIpc) is 2.73. The lowest BCUT2D eigenvalue weighted by atomic mass is 9.67. The average molecular weight is 527 g/mol. The number of hydrogen-bond donors (Lipinski definition) is 0. The molecule has 8 heteroatoms. The number of amides is 1. The van der Waals surface area contributed by atoms with Gasteiger partial charge in [0.2, 0.25) is 5.91 Å². The van der Waals surface area contributed by atoms with Crippen LogP contribution < -0.4 is 0 Å². The molecule has 1 amide bonds. The number of rotatable bonds is 8. The van der Waals surface area contributed by atoms with E-state index in [0.29, 0.717) is 29.8 Å². The van der Waals surface area contributed by atoms with Crippen molar-refractivity contribution in [1.29, 1.82) is 0 Å². The van der Waals surface area contributed by atoms with Gasteiger partial charge < -0.3 is 4.90 Å². The minimum Gasteiger partial charge on any atom is -0.331 e. The van der Waals surface area contributed by atoms with Gasteiger partial charge in [-0.3, -0.25) is 4.79 Å². The molecule has 2 aromatic rings. The van der Waals surface area contributed by atoms with E-state index in [4.69, 9.17) is 23.2 Å². The molecule has 184 valence electrons. The fraction of sp³-hybridized carbons (Fsp3) is 0.423. The molecule has 0 radical (unpaired) electrons. The van der Waals surface area contributed by atoms with Gasteiger partial charge >= 0.3 is 0 Å². The molecule has 34 heavy (non-hydrogen) atoms. The van der Waals surface area contributed by atoms with E-state index in [1.54, 1.807) is 29.2 Å².